The molecule has 5 aromatic rings. The Balaban J connectivity index is 0.761. The lowest BCUT2D eigenvalue weighted by molar-refractivity contribution is -0.134. The summed E-state index contributed by atoms with van der Waals surface area (Å²) < 4.78 is 1.86. The average Bonchev–Trinajstić information content (AvgIpc) is 3.50. The number of rotatable bonds is 9. The number of fused-ring (bicyclic) bond motifs is 2. The van der Waals surface area contributed by atoms with Crippen LogP contribution in [0.3, 0.4) is 0 Å². The van der Waals surface area contributed by atoms with E-state index in [9.17, 15) is 14.4 Å². The van der Waals surface area contributed by atoms with Gasteiger partial charge in [0.1, 0.15) is 0 Å². The van der Waals surface area contributed by atoms with Crippen molar-refractivity contribution in [2.24, 2.45) is 7.05 Å². The van der Waals surface area contributed by atoms with Crippen LogP contribution in [0.5, 0.6) is 0 Å². The van der Waals surface area contributed by atoms with Crippen LogP contribution in [0.15, 0.2) is 77.7 Å². The molecule has 306 valence electrons. The quantitative estimate of drug-likeness (QED) is 0.183. The van der Waals surface area contributed by atoms with Crippen molar-refractivity contribution in [1.29, 1.82) is 0 Å². The second-order valence-electron chi connectivity index (χ2n) is 16.2. The number of hydrogen-bond acceptors (Lipinski definition) is 11. The van der Waals surface area contributed by atoms with E-state index in [1.165, 1.54) is 23.1 Å². The van der Waals surface area contributed by atoms with Gasteiger partial charge >= 0.3 is 0 Å². The van der Waals surface area contributed by atoms with Gasteiger partial charge in [-0.25, -0.2) is 4.98 Å². The maximum absolute atomic E-state index is 12.9. The minimum atomic E-state index is -0.393. The number of aryl methyl sites for hydroxylation is 1. The summed E-state index contributed by atoms with van der Waals surface area (Å²) in [5.41, 5.74) is 8.97. The van der Waals surface area contributed by atoms with E-state index in [-0.39, 0.29) is 23.8 Å². The topological polar surface area (TPSA) is 131 Å². The van der Waals surface area contributed by atoms with Gasteiger partial charge in [-0.1, -0.05) is 24.3 Å². The first-order valence-corrected chi connectivity index (χ1v) is 22.0. The van der Waals surface area contributed by atoms with Crippen molar-refractivity contribution in [2.75, 3.05) is 88.0 Å². The zero-order chi connectivity index (χ0) is 40.6. The van der Waals surface area contributed by atoms with E-state index < -0.39 is 5.92 Å². The van der Waals surface area contributed by atoms with Crippen molar-refractivity contribution in [3.05, 3.63) is 89.0 Å². The normalized spacial score (nSPS) is 21.2. The first-order valence-electron chi connectivity index (χ1n) is 20.8. The molecule has 0 bridgehead atoms. The predicted molar refractivity (Wildman–Crippen MR) is 236 cm³/mol. The van der Waals surface area contributed by atoms with Crippen molar-refractivity contribution in [2.45, 2.75) is 31.7 Å². The zero-order valence-electron chi connectivity index (χ0n) is 34.0. The van der Waals surface area contributed by atoms with Crippen LogP contribution in [0.1, 0.15) is 36.9 Å². The molecule has 4 aliphatic heterocycles. The fraction of sp³-hybridized carbons (Fsp3) is 0.400. The van der Waals surface area contributed by atoms with Gasteiger partial charge in [-0.3, -0.25) is 34.2 Å². The summed E-state index contributed by atoms with van der Waals surface area (Å²) >= 11 is 1.47. The lowest BCUT2D eigenvalue weighted by Crippen LogP contribution is -2.51. The van der Waals surface area contributed by atoms with Crippen LogP contribution >= 0.6 is 11.8 Å². The van der Waals surface area contributed by atoms with Crippen LogP contribution in [-0.4, -0.2) is 127 Å². The number of pyridine rings is 1. The number of imide groups is 1. The molecule has 0 spiro atoms. The van der Waals surface area contributed by atoms with Crippen LogP contribution in [-0.2, 0) is 21.4 Å². The summed E-state index contributed by atoms with van der Waals surface area (Å²) in [6.45, 7) is 12.9. The first-order chi connectivity index (χ1) is 28.7. The van der Waals surface area contributed by atoms with E-state index in [0.717, 1.165) is 115 Å². The smallest absolute Gasteiger partial charge is 0.260 e. The van der Waals surface area contributed by atoms with Crippen LogP contribution in [0.4, 0.5) is 11.4 Å². The number of aromatic nitrogens is 3. The Hall–Kier alpha value is -5.44. The highest BCUT2D eigenvalue weighted by Crippen LogP contribution is 2.34. The Bertz CT molecular complexity index is 2430. The largest absolute Gasteiger partial charge is 0.381 e. The number of hydrogen-bond donors (Lipinski definition) is 3. The minimum absolute atomic E-state index is 0.0394. The summed E-state index contributed by atoms with van der Waals surface area (Å²) in [5.74, 6) is -0.888. The molecule has 9 rings (SSSR count). The molecule has 2 aromatic heterocycles. The summed E-state index contributed by atoms with van der Waals surface area (Å²) in [6, 6.07) is 25.6. The summed E-state index contributed by atoms with van der Waals surface area (Å²) in [4.78, 5) is 53.0. The fourth-order valence-electron chi connectivity index (χ4n) is 9.00. The molecule has 4 aliphatic rings. The number of carbonyl (C=O) groups is 3. The van der Waals surface area contributed by atoms with E-state index in [4.69, 9.17) is 10.1 Å². The van der Waals surface area contributed by atoms with Crippen LogP contribution in [0, 0.1) is 0 Å². The number of nitrogens with one attached hydrogen (secondary N) is 3. The third-order valence-corrected chi connectivity index (χ3v) is 13.2. The molecule has 0 radical (unpaired) electrons. The second kappa shape index (κ2) is 16.7. The fourth-order valence-corrected chi connectivity index (χ4v) is 9.63. The third-order valence-electron chi connectivity index (χ3n) is 12.4. The summed E-state index contributed by atoms with van der Waals surface area (Å²) in [5, 5.41) is 15.8. The van der Waals surface area contributed by atoms with Crippen LogP contribution in [0.2, 0.25) is 0 Å². The summed E-state index contributed by atoms with van der Waals surface area (Å²) in [7, 11) is 1.93. The van der Waals surface area contributed by atoms with Crippen LogP contribution in [0.25, 0.3) is 38.8 Å². The number of thioether (sulfide) groups is 1. The van der Waals surface area contributed by atoms with E-state index in [1.807, 2.05) is 37.0 Å². The van der Waals surface area contributed by atoms with Crippen molar-refractivity contribution in [3.63, 3.8) is 0 Å². The Morgan fingerprint density at radius 1 is 0.797 bits per heavy atom. The SMILES string of the molecule is CSC1=C(c2cccc3nc(-c4ccc(N5CCN(CCN6CCN(c7ccc8c(C9CCC(=O)NC9=O)nn(C)c8c7)CC6)CC5)cc4)ccc23)NC[C@@H](C)NC1=O. The molecule has 0 aliphatic carbocycles. The third kappa shape index (κ3) is 8.00. The molecule has 3 aromatic carbocycles. The van der Waals surface area contributed by atoms with Crippen molar-refractivity contribution in [1.82, 2.24) is 40.5 Å². The molecule has 3 amide bonds. The number of benzene rings is 3. The standard InChI is InChI=1S/C45H52N10O3S/c1-29-28-46-42(43(59-3)45(58)47-29)34-5-4-6-38-33(34)13-15-37(48-38)30-7-9-31(10-8-30)54-23-19-52(20-24-54)17-18-53-21-25-55(26-22-53)32-11-12-35-39(27-32)51(2)50-41(35)36-14-16-40(56)49-44(36)57/h4-13,15,27,29,36,46H,14,16-26,28H2,1-3H3,(H,47,58)(H,49,56,57)/t29-,36?/m1/s1. The lowest BCUT2D eigenvalue weighted by atomic mass is 9.93. The average molecular weight is 813 g/mol. The van der Waals surface area contributed by atoms with Gasteiger partial charge in [0.05, 0.1) is 38.9 Å². The molecular formula is C45H52N10O3S. The molecule has 13 nitrogen and oxygen atoms in total. The molecular weight excluding hydrogens is 761 g/mol. The molecule has 2 atom stereocenters. The van der Waals surface area contributed by atoms with Gasteiger partial charge < -0.3 is 20.4 Å². The number of piperidine rings is 1. The van der Waals surface area contributed by atoms with Crippen LogP contribution < -0.4 is 25.8 Å². The Labute approximate surface area is 349 Å². The predicted octanol–water partition coefficient (Wildman–Crippen LogP) is 4.39. The lowest BCUT2D eigenvalue weighted by Gasteiger charge is -2.39. The van der Waals surface area contributed by atoms with Gasteiger partial charge in [0.15, 0.2) is 0 Å². The van der Waals surface area contributed by atoms with Gasteiger partial charge in [-0.05, 0) is 68.1 Å². The maximum atomic E-state index is 12.9. The van der Waals surface area contributed by atoms with Gasteiger partial charge in [-0.2, -0.15) is 5.10 Å². The Kier molecular flexibility index (Phi) is 11.0. The first kappa shape index (κ1) is 39.0. The molecule has 3 N–H and O–H groups in total. The highest BCUT2D eigenvalue weighted by molar-refractivity contribution is 8.03. The maximum Gasteiger partial charge on any atom is 0.260 e. The molecule has 59 heavy (non-hydrogen) atoms. The van der Waals surface area contributed by atoms with Crippen molar-refractivity contribution >= 4 is 68.4 Å². The number of nitrogens with zero attached hydrogens (tertiary/aromatic N) is 7. The Morgan fingerprint density at radius 2 is 1.47 bits per heavy atom. The molecule has 0 saturated carbocycles. The zero-order valence-corrected chi connectivity index (χ0v) is 34.9. The minimum Gasteiger partial charge on any atom is -0.381 e. The number of amides is 3. The van der Waals surface area contributed by atoms with E-state index in [1.54, 1.807) is 0 Å². The van der Waals surface area contributed by atoms with E-state index >= 15 is 0 Å². The van der Waals surface area contributed by atoms with E-state index in [2.05, 4.69) is 96.2 Å². The van der Waals surface area contributed by atoms with Gasteiger partial charge in [0.2, 0.25) is 11.8 Å². The van der Waals surface area contributed by atoms with Gasteiger partial charge in [0.25, 0.3) is 5.91 Å². The Morgan fingerprint density at radius 3 is 2.17 bits per heavy atom. The number of piperazine rings is 2. The molecule has 14 heteroatoms. The molecule has 3 fully saturated rings. The number of anilines is 2. The van der Waals surface area contributed by atoms with Crippen molar-refractivity contribution < 1.29 is 14.4 Å². The monoisotopic (exact) mass is 812 g/mol. The molecule has 6 heterocycles. The van der Waals surface area contributed by atoms with E-state index in [0.29, 0.717) is 24.3 Å². The highest BCUT2D eigenvalue weighted by Gasteiger charge is 2.32. The molecule has 1 unspecified atom stereocenters. The second-order valence-corrected chi connectivity index (χ2v) is 17.0. The highest BCUT2D eigenvalue weighted by atomic mass is 32.2. The number of carbonyl (C=O) groups excluding carboxylic acids is 3. The van der Waals surface area contributed by atoms with Crippen molar-refractivity contribution in [3.8, 4) is 11.3 Å². The van der Waals surface area contributed by atoms with Gasteiger partial charge in [-0.15, -0.1) is 11.8 Å². The van der Waals surface area contributed by atoms with Gasteiger partial charge in [0, 0.05) is 125 Å². The molecule has 3 saturated heterocycles. The summed E-state index contributed by atoms with van der Waals surface area (Å²) in [6.07, 6.45) is 2.79.